The summed E-state index contributed by atoms with van der Waals surface area (Å²) in [5.74, 6) is 0. The van der Waals surface area contributed by atoms with Crippen LogP contribution in [0.5, 0.6) is 0 Å². The molecule has 3 heteroatoms. The van der Waals surface area contributed by atoms with Crippen molar-refractivity contribution in [2.75, 3.05) is 20.2 Å². The SMILES string of the molecule is CCCCN(C1CC1)C(CN)c1cccc(COC)c1. The second-order valence-electron chi connectivity index (χ2n) is 5.75. The first-order chi connectivity index (χ1) is 9.80. The summed E-state index contributed by atoms with van der Waals surface area (Å²) >= 11 is 0. The summed E-state index contributed by atoms with van der Waals surface area (Å²) in [5.41, 5.74) is 8.66. The Hall–Kier alpha value is -0.900. The zero-order valence-corrected chi connectivity index (χ0v) is 12.8. The first kappa shape index (κ1) is 15.5. The first-order valence-corrected chi connectivity index (χ1v) is 7.83. The van der Waals surface area contributed by atoms with E-state index < -0.39 is 0 Å². The molecule has 0 spiro atoms. The van der Waals surface area contributed by atoms with Crippen LogP contribution < -0.4 is 5.73 Å². The molecule has 1 aliphatic carbocycles. The standard InChI is InChI=1S/C17H28N2O/c1-3-4-10-19(16-8-9-16)17(12-18)15-7-5-6-14(11-15)13-20-2/h5-7,11,16-17H,3-4,8-10,12-13,18H2,1-2H3. The summed E-state index contributed by atoms with van der Waals surface area (Å²) in [6, 6.07) is 9.80. The molecule has 20 heavy (non-hydrogen) atoms. The number of ether oxygens (including phenoxy) is 1. The topological polar surface area (TPSA) is 38.5 Å². The maximum atomic E-state index is 6.09. The molecule has 2 N–H and O–H groups in total. The Morgan fingerprint density at radius 2 is 2.20 bits per heavy atom. The van der Waals surface area contributed by atoms with Crippen molar-refractivity contribution in [1.82, 2.24) is 4.90 Å². The van der Waals surface area contributed by atoms with Gasteiger partial charge in [-0.15, -0.1) is 0 Å². The predicted octanol–water partition coefficient (Wildman–Crippen LogP) is 3.10. The van der Waals surface area contributed by atoms with Crippen molar-refractivity contribution < 1.29 is 4.74 Å². The minimum absolute atomic E-state index is 0.353. The van der Waals surface area contributed by atoms with Crippen molar-refractivity contribution in [2.45, 2.75) is 51.3 Å². The van der Waals surface area contributed by atoms with Gasteiger partial charge in [0.05, 0.1) is 6.61 Å². The fourth-order valence-corrected chi connectivity index (χ4v) is 2.86. The van der Waals surface area contributed by atoms with Crippen molar-refractivity contribution in [3.05, 3.63) is 35.4 Å². The first-order valence-electron chi connectivity index (χ1n) is 7.83. The lowest BCUT2D eigenvalue weighted by atomic mass is 10.0. The van der Waals surface area contributed by atoms with Gasteiger partial charge in [-0.05, 0) is 36.9 Å². The number of unbranched alkanes of at least 4 members (excludes halogenated alkanes) is 1. The van der Waals surface area contributed by atoms with Crippen LogP contribution in [0.15, 0.2) is 24.3 Å². The van der Waals surface area contributed by atoms with Crippen molar-refractivity contribution in [3.63, 3.8) is 0 Å². The van der Waals surface area contributed by atoms with Gasteiger partial charge in [0.2, 0.25) is 0 Å². The average Bonchev–Trinajstić information content (AvgIpc) is 3.28. The van der Waals surface area contributed by atoms with Crippen LogP contribution in [0.2, 0.25) is 0 Å². The second-order valence-corrected chi connectivity index (χ2v) is 5.75. The molecule has 2 rings (SSSR count). The van der Waals surface area contributed by atoms with E-state index in [1.165, 1.54) is 36.8 Å². The largest absolute Gasteiger partial charge is 0.380 e. The van der Waals surface area contributed by atoms with Gasteiger partial charge in [-0.25, -0.2) is 0 Å². The summed E-state index contributed by atoms with van der Waals surface area (Å²) in [4.78, 5) is 2.62. The average molecular weight is 276 g/mol. The molecule has 0 bridgehead atoms. The van der Waals surface area contributed by atoms with Gasteiger partial charge in [0.25, 0.3) is 0 Å². The molecule has 1 aliphatic rings. The van der Waals surface area contributed by atoms with Gasteiger partial charge in [-0.1, -0.05) is 37.6 Å². The number of benzene rings is 1. The third-order valence-corrected chi connectivity index (χ3v) is 4.06. The zero-order chi connectivity index (χ0) is 14.4. The molecule has 112 valence electrons. The molecule has 3 nitrogen and oxygen atoms in total. The zero-order valence-electron chi connectivity index (χ0n) is 12.8. The van der Waals surface area contributed by atoms with E-state index in [4.69, 9.17) is 10.5 Å². The van der Waals surface area contributed by atoms with Crippen LogP contribution in [-0.4, -0.2) is 31.1 Å². The Morgan fingerprint density at radius 1 is 1.40 bits per heavy atom. The summed E-state index contributed by atoms with van der Waals surface area (Å²) in [7, 11) is 1.74. The molecule has 1 unspecified atom stereocenters. The number of nitrogens with zero attached hydrogens (tertiary/aromatic N) is 1. The molecule has 1 atom stereocenters. The maximum Gasteiger partial charge on any atom is 0.0713 e. The fraction of sp³-hybridized carbons (Fsp3) is 0.647. The third-order valence-electron chi connectivity index (χ3n) is 4.06. The van der Waals surface area contributed by atoms with Gasteiger partial charge >= 0.3 is 0 Å². The highest BCUT2D eigenvalue weighted by atomic mass is 16.5. The van der Waals surface area contributed by atoms with Crippen LogP contribution in [-0.2, 0) is 11.3 Å². The van der Waals surface area contributed by atoms with E-state index in [-0.39, 0.29) is 0 Å². The van der Waals surface area contributed by atoms with Crippen molar-refractivity contribution in [3.8, 4) is 0 Å². The molecule has 0 amide bonds. The lowest BCUT2D eigenvalue weighted by Crippen LogP contribution is -2.36. The van der Waals surface area contributed by atoms with Gasteiger partial charge in [-0.3, -0.25) is 4.90 Å². The molecule has 0 aromatic heterocycles. The molecule has 1 aromatic rings. The van der Waals surface area contributed by atoms with Gasteiger partial charge in [0, 0.05) is 25.7 Å². The van der Waals surface area contributed by atoms with Crippen LogP contribution >= 0.6 is 0 Å². The number of hydrogen-bond donors (Lipinski definition) is 1. The van der Waals surface area contributed by atoms with Crippen LogP contribution in [0.4, 0.5) is 0 Å². The Labute approximate surface area is 123 Å². The minimum atomic E-state index is 0.353. The Kier molecular flexibility index (Phi) is 6.02. The normalized spacial score (nSPS) is 16.6. The van der Waals surface area contributed by atoms with Crippen LogP contribution in [0.3, 0.4) is 0 Å². The monoisotopic (exact) mass is 276 g/mol. The summed E-state index contributed by atoms with van der Waals surface area (Å²) < 4.78 is 5.24. The molecule has 0 aliphatic heterocycles. The smallest absolute Gasteiger partial charge is 0.0713 e. The van der Waals surface area contributed by atoms with E-state index in [9.17, 15) is 0 Å². The Bertz CT molecular complexity index is 404. The van der Waals surface area contributed by atoms with Gasteiger partial charge in [0.15, 0.2) is 0 Å². The van der Waals surface area contributed by atoms with Crippen molar-refractivity contribution in [2.24, 2.45) is 5.73 Å². The van der Waals surface area contributed by atoms with Crippen LogP contribution in [0.25, 0.3) is 0 Å². The van der Waals surface area contributed by atoms with E-state index in [0.29, 0.717) is 19.2 Å². The summed E-state index contributed by atoms with van der Waals surface area (Å²) in [6.07, 6.45) is 5.16. The Balaban J connectivity index is 2.13. The van der Waals surface area contributed by atoms with Crippen LogP contribution in [0.1, 0.15) is 49.8 Å². The Morgan fingerprint density at radius 3 is 2.80 bits per heavy atom. The van der Waals surface area contributed by atoms with Gasteiger partial charge in [0.1, 0.15) is 0 Å². The number of methoxy groups -OCH3 is 1. The van der Waals surface area contributed by atoms with E-state index >= 15 is 0 Å². The molecular formula is C17H28N2O. The molecule has 1 aromatic carbocycles. The molecule has 0 heterocycles. The lowest BCUT2D eigenvalue weighted by molar-refractivity contribution is 0.181. The molecular weight excluding hydrogens is 248 g/mol. The van der Waals surface area contributed by atoms with Gasteiger partial charge < -0.3 is 10.5 Å². The predicted molar refractivity (Wildman–Crippen MR) is 83.6 cm³/mol. The van der Waals surface area contributed by atoms with Crippen LogP contribution in [0, 0.1) is 0 Å². The molecule has 1 fully saturated rings. The number of rotatable bonds is 9. The van der Waals surface area contributed by atoms with Crippen molar-refractivity contribution >= 4 is 0 Å². The third kappa shape index (κ3) is 4.05. The fourth-order valence-electron chi connectivity index (χ4n) is 2.86. The van der Waals surface area contributed by atoms with E-state index in [1.807, 2.05) is 0 Å². The molecule has 0 radical (unpaired) electrons. The van der Waals surface area contributed by atoms with E-state index in [0.717, 1.165) is 12.6 Å². The molecule has 0 saturated heterocycles. The quantitative estimate of drug-likeness (QED) is 0.753. The number of hydrogen-bond acceptors (Lipinski definition) is 3. The summed E-state index contributed by atoms with van der Waals surface area (Å²) in [6.45, 7) is 4.78. The second kappa shape index (κ2) is 7.77. The van der Waals surface area contributed by atoms with E-state index in [2.05, 4.69) is 36.1 Å². The molecule has 1 saturated carbocycles. The highest BCUT2D eigenvalue weighted by molar-refractivity contribution is 5.26. The van der Waals surface area contributed by atoms with Gasteiger partial charge in [-0.2, -0.15) is 0 Å². The highest BCUT2D eigenvalue weighted by Crippen LogP contribution is 2.34. The lowest BCUT2D eigenvalue weighted by Gasteiger charge is -2.31. The number of nitrogens with two attached hydrogens (primary N) is 1. The van der Waals surface area contributed by atoms with Crippen molar-refractivity contribution in [1.29, 1.82) is 0 Å². The highest BCUT2D eigenvalue weighted by Gasteiger charge is 2.33. The minimum Gasteiger partial charge on any atom is -0.380 e. The maximum absolute atomic E-state index is 6.09. The summed E-state index contributed by atoms with van der Waals surface area (Å²) in [5, 5.41) is 0. The van der Waals surface area contributed by atoms with E-state index in [1.54, 1.807) is 7.11 Å².